The van der Waals surface area contributed by atoms with Crippen LogP contribution in [0.1, 0.15) is 79.2 Å². The van der Waals surface area contributed by atoms with Crippen LogP contribution in [0.15, 0.2) is 84.9 Å². The number of halogens is 2. The lowest BCUT2D eigenvalue weighted by Gasteiger charge is -2.40. The quantitative estimate of drug-likeness (QED) is 0.0920. The van der Waals surface area contributed by atoms with Crippen molar-refractivity contribution in [2.24, 2.45) is 5.73 Å². The van der Waals surface area contributed by atoms with E-state index in [-0.39, 0.29) is 54.5 Å². The van der Waals surface area contributed by atoms with Gasteiger partial charge in [0.25, 0.3) is 5.91 Å². The van der Waals surface area contributed by atoms with Gasteiger partial charge in [0.1, 0.15) is 23.8 Å². The molecule has 15 nitrogen and oxygen atoms in total. The number of fused-ring (bicyclic) bond motifs is 2. The van der Waals surface area contributed by atoms with Gasteiger partial charge in [-0.15, -0.1) is 0 Å². The van der Waals surface area contributed by atoms with Crippen molar-refractivity contribution in [2.75, 3.05) is 13.1 Å². The first-order valence-corrected chi connectivity index (χ1v) is 21.0. The Morgan fingerprint density at radius 3 is 2.17 bits per heavy atom. The molecule has 0 radical (unpaired) electrons. The number of nitrogens with zero attached hydrogens (tertiary/aromatic N) is 2. The van der Waals surface area contributed by atoms with E-state index in [9.17, 15) is 47.1 Å². The van der Waals surface area contributed by atoms with Crippen molar-refractivity contribution in [3.63, 3.8) is 0 Å². The minimum atomic E-state index is -5.84. The van der Waals surface area contributed by atoms with Gasteiger partial charge in [-0.2, -0.15) is 8.78 Å². The van der Waals surface area contributed by atoms with E-state index >= 15 is 0 Å². The molecule has 0 saturated carbocycles. The number of nitrogens with one attached hydrogen (secondary N) is 4. The lowest BCUT2D eigenvalue weighted by atomic mass is 9.98. The summed E-state index contributed by atoms with van der Waals surface area (Å²) in [7, 11) is -5.84. The van der Waals surface area contributed by atoms with Crippen molar-refractivity contribution >= 4 is 48.0 Å². The fourth-order valence-electron chi connectivity index (χ4n) is 7.79. The number of carbonyl (C=O) groups is 5. The van der Waals surface area contributed by atoms with Crippen LogP contribution in [-0.2, 0) is 29.4 Å². The zero-order chi connectivity index (χ0) is 42.6. The topological polar surface area (TPSA) is 227 Å². The van der Waals surface area contributed by atoms with Crippen molar-refractivity contribution in [3.8, 4) is 0 Å². The number of rotatable bonds is 14. The number of hydrogen-bond acceptors (Lipinski definition) is 7. The summed E-state index contributed by atoms with van der Waals surface area (Å²) >= 11 is 0. The van der Waals surface area contributed by atoms with E-state index in [0.717, 1.165) is 23.3 Å². The molecule has 5 amide bonds. The van der Waals surface area contributed by atoms with E-state index < -0.39 is 72.5 Å². The highest BCUT2D eigenvalue weighted by molar-refractivity contribution is 7.52. The predicted molar refractivity (Wildman–Crippen MR) is 214 cm³/mol. The van der Waals surface area contributed by atoms with Crippen molar-refractivity contribution in [3.05, 3.63) is 107 Å². The van der Waals surface area contributed by atoms with Crippen LogP contribution in [0.4, 0.5) is 8.78 Å². The summed E-state index contributed by atoms with van der Waals surface area (Å²) < 4.78 is 40.4. The maximum absolute atomic E-state index is 14.5. The summed E-state index contributed by atoms with van der Waals surface area (Å²) in [5.41, 5.74) is 1.80. The first-order valence-electron chi connectivity index (χ1n) is 19.4. The second-order valence-electron chi connectivity index (χ2n) is 15.3. The van der Waals surface area contributed by atoms with Gasteiger partial charge in [0.05, 0.1) is 6.04 Å². The fourth-order valence-corrected chi connectivity index (χ4v) is 8.27. The van der Waals surface area contributed by atoms with E-state index in [1.165, 1.54) is 17.0 Å². The highest BCUT2D eigenvalue weighted by atomic mass is 31.2. The standard InChI is InChI=1S/C41H48F2N7O8P/c1-24(2)49-20-19-29-14-17-34(39(54)46-31(16-18-35(44)51)37(52)48-36(25-9-5-3-6-10-25)26-11-7-4-8-12-26)50(29)40(55)33(23-49)47-38(53)32-22-27-21-28(13-15-30(27)45-32)41(42,43)59(56,57)58/h3-13,15,21-22,24,29,31,33-34,36,45H,14,16-20,23H2,1-2H3,(H2,44,51)(H,46,54)(H,47,53)(H,48,52)(H2,56,57,58)/t29-,31+,33+,34+/m1/s1. The van der Waals surface area contributed by atoms with Crippen molar-refractivity contribution in [2.45, 2.75) is 87.9 Å². The van der Waals surface area contributed by atoms with Crippen LogP contribution in [-0.4, -0.2) is 97.4 Å². The largest absolute Gasteiger partial charge is 0.399 e. The van der Waals surface area contributed by atoms with Gasteiger partial charge in [-0.05, 0) is 68.9 Å². The van der Waals surface area contributed by atoms with Crippen LogP contribution in [0, 0.1) is 0 Å². The molecule has 3 heterocycles. The lowest BCUT2D eigenvalue weighted by Crippen LogP contribution is -2.62. The molecular formula is C41H48F2N7O8P. The van der Waals surface area contributed by atoms with Crippen molar-refractivity contribution in [1.82, 2.24) is 30.7 Å². The van der Waals surface area contributed by atoms with Gasteiger partial charge in [0.15, 0.2) is 0 Å². The molecule has 314 valence electrons. The third-order valence-corrected chi connectivity index (χ3v) is 12.0. The zero-order valence-electron chi connectivity index (χ0n) is 32.5. The molecule has 2 aliphatic heterocycles. The molecule has 4 aromatic rings. The number of hydrogen-bond donors (Lipinski definition) is 7. The summed E-state index contributed by atoms with van der Waals surface area (Å²) in [5, 5.41) is 8.67. The number of aromatic amines is 1. The summed E-state index contributed by atoms with van der Waals surface area (Å²) in [6.45, 7) is 4.53. The Kier molecular flexibility index (Phi) is 13.0. The normalized spacial score (nSPS) is 19.6. The first kappa shape index (κ1) is 43.1. The number of nitrogens with two attached hydrogens (primary N) is 1. The van der Waals surface area contributed by atoms with E-state index in [0.29, 0.717) is 19.4 Å². The van der Waals surface area contributed by atoms with Crippen LogP contribution >= 0.6 is 7.60 Å². The fraction of sp³-hybridized carbons (Fsp3) is 0.390. The van der Waals surface area contributed by atoms with Crippen LogP contribution < -0.4 is 21.7 Å². The lowest BCUT2D eigenvalue weighted by molar-refractivity contribution is -0.144. The molecule has 59 heavy (non-hydrogen) atoms. The van der Waals surface area contributed by atoms with Gasteiger partial charge in [0.2, 0.25) is 23.6 Å². The molecule has 4 atom stereocenters. The number of alkyl halides is 2. The molecule has 0 bridgehead atoms. The number of benzene rings is 3. The Balaban J connectivity index is 1.23. The number of aromatic nitrogens is 1. The van der Waals surface area contributed by atoms with E-state index in [1.807, 2.05) is 79.4 Å². The van der Waals surface area contributed by atoms with E-state index in [4.69, 9.17) is 5.73 Å². The van der Waals surface area contributed by atoms with Crippen molar-refractivity contribution < 1.29 is 47.1 Å². The Bertz CT molecular complexity index is 2200. The Morgan fingerprint density at radius 1 is 0.932 bits per heavy atom. The molecule has 0 spiro atoms. The molecule has 18 heteroatoms. The van der Waals surface area contributed by atoms with Gasteiger partial charge >= 0.3 is 13.3 Å². The second-order valence-corrected chi connectivity index (χ2v) is 16.9. The monoisotopic (exact) mass is 835 g/mol. The van der Waals surface area contributed by atoms with Crippen molar-refractivity contribution in [1.29, 1.82) is 0 Å². The summed E-state index contributed by atoms with van der Waals surface area (Å²) in [4.78, 5) is 93.1. The highest BCUT2D eigenvalue weighted by Gasteiger charge is 2.50. The van der Waals surface area contributed by atoms with Crippen LogP contribution in [0.3, 0.4) is 0 Å². The average molecular weight is 836 g/mol. The third kappa shape index (κ3) is 9.71. The van der Waals surface area contributed by atoms with Gasteiger partial charge in [-0.25, -0.2) is 0 Å². The number of amides is 5. The third-order valence-electron chi connectivity index (χ3n) is 11.0. The Labute approximate surface area is 339 Å². The summed E-state index contributed by atoms with van der Waals surface area (Å²) in [6, 6.07) is 18.3. The number of carbonyl (C=O) groups excluding carboxylic acids is 5. The SMILES string of the molecule is CC(C)N1CC[C@H]2CC[C@@H](C(=O)N[C@@H](CCC(N)=O)C(=O)NC(c3ccccc3)c3ccccc3)N2C(=O)[C@@H](NC(=O)c2cc3cc(C(F)(F)P(=O)(O)O)ccc3[nH]2)C1. The molecule has 0 unspecified atom stereocenters. The molecule has 2 fully saturated rings. The molecule has 6 rings (SSSR count). The number of primary amides is 1. The molecule has 8 N–H and O–H groups in total. The van der Waals surface area contributed by atoms with Gasteiger partial charge < -0.3 is 41.4 Å². The van der Waals surface area contributed by atoms with Crippen LogP contribution in [0.5, 0.6) is 0 Å². The molecular weight excluding hydrogens is 787 g/mol. The second kappa shape index (κ2) is 17.8. The van der Waals surface area contributed by atoms with Gasteiger partial charge in [-0.1, -0.05) is 66.7 Å². The molecule has 2 aliphatic rings. The average Bonchev–Trinajstić information content (AvgIpc) is 3.83. The summed E-state index contributed by atoms with van der Waals surface area (Å²) in [5.74, 6) is -3.11. The predicted octanol–water partition coefficient (Wildman–Crippen LogP) is 3.62. The van der Waals surface area contributed by atoms with E-state index in [2.05, 4.69) is 20.9 Å². The first-order chi connectivity index (χ1) is 27.9. The van der Waals surface area contributed by atoms with Crippen LogP contribution in [0.25, 0.3) is 10.9 Å². The van der Waals surface area contributed by atoms with Gasteiger partial charge in [0, 0.05) is 48.1 Å². The summed E-state index contributed by atoms with van der Waals surface area (Å²) in [6.07, 6.45) is 0.991. The zero-order valence-corrected chi connectivity index (χ0v) is 33.4. The highest BCUT2D eigenvalue weighted by Crippen LogP contribution is 2.59. The maximum Gasteiger partial charge on any atom is 0.399 e. The minimum Gasteiger partial charge on any atom is -0.370 e. The Hall–Kier alpha value is -5.48. The smallest absolute Gasteiger partial charge is 0.370 e. The molecule has 0 aliphatic carbocycles. The maximum atomic E-state index is 14.5. The minimum absolute atomic E-state index is 0.0171. The molecule has 2 saturated heterocycles. The van der Waals surface area contributed by atoms with E-state index in [1.54, 1.807) is 0 Å². The molecule has 3 aromatic carbocycles. The molecule has 1 aromatic heterocycles. The van der Waals surface area contributed by atoms with Gasteiger partial charge in [-0.3, -0.25) is 33.4 Å². The van der Waals surface area contributed by atoms with Crippen LogP contribution in [0.2, 0.25) is 0 Å². The number of H-pyrrole nitrogens is 1. The Morgan fingerprint density at radius 2 is 1.58 bits per heavy atom.